The maximum atomic E-state index is 12.6. The first-order valence-electron chi connectivity index (χ1n) is 10.4. The fraction of sp³-hybridized carbons (Fsp3) is 0.240. The van der Waals surface area contributed by atoms with Crippen molar-refractivity contribution in [3.63, 3.8) is 0 Å². The number of para-hydroxylation sites is 1. The van der Waals surface area contributed by atoms with Crippen LogP contribution in [0, 0.1) is 0 Å². The summed E-state index contributed by atoms with van der Waals surface area (Å²) in [4.78, 5) is 16.7. The molecular formula is C25H27N3O3. The van der Waals surface area contributed by atoms with Crippen molar-refractivity contribution in [1.82, 2.24) is 4.90 Å². The molecule has 0 aliphatic carbocycles. The lowest BCUT2D eigenvalue weighted by atomic mass is 10.2. The van der Waals surface area contributed by atoms with Gasteiger partial charge in [-0.2, -0.15) is 0 Å². The van der Waals surface area contributed by atoms with E-state index in [-0.39, 0.29) is 12.5 Å². The van der Waals surface area contributed by atoms with E-state index in [2.05, 4.69) is 22.3 Å². The molecular weight excluding hydrogens is 390 g/mol. The minimum absolute atomic E-state index is 0.0147. The molecule has 0 unspecified atom stereocenters. The third-order valence-electron chi connectivity index (χ3n) is 5.35. The first-order valence-corrected chi connectivity index (χ1v) is 10.4. The average Bonchev–Trinajstić information content (AvgIpc) is 2.84. The molecule has 0 aromatic heterocycles. The largest absolute Gasteiger partial charge is 0.497 e. The molecule has 1 amide bonds. The Morgan fingerprint density at radius 2 is 1.42 bits per heavy atom. The summed E-state index contributed by atoms with van der Waals surface area (Å²) in [7, 11) is 1.66. The second-order valence-electron chi connectivity index (χ2n) is 7.37. The van der Waals surface area contributed by atoms with E-state index in [1.54, 1.807) is 7.11 Å². The van der Waals surface area contributed by atoms with Crippen molar-refractivity contribution in [3.05, 3.63) is 78.9 Å². The van der Waals surface area contributed by atoms with Crippen LogP contribution >= 0.6 is 0 Å². The number of hydrogen-bond donors (Lipinski definition) is 1. The number of nitrogens with one attached hydrogen (secondary N) is 1. The standard InChI is InChI=1S/C25H27N3O3/c1-30-23-13-9-22(10-14-23)27-15-17-28(18-16-27)25(29)19-31-24-11-7-21(8-12-24)26-20-5-3-2-4-6-20/h2-14,26H,15-19H2,1H3. The number of hydrogen-bond acceptors (Lipinski definition) is 5. The third kappa shape index (κ3) is 5.48. The molecule has 4 rings (SSSR count). The van der Waals surface area contributed by atoms with E-state index in [4.69, 9.17) is 9.47 Å². The van der Waals surface area contributed by atoms with Gasteiger partial charge in [-0.1, -0.05) is 18.2 Å². The van der Waals surface area contributed by atoms with Crippen molar-refractivity contribution < 1.29 is 14.3 Å². The van der Waals surface area contributed by atoms with Gasteiger partial charge < -0.3 is 24.6 Å². The van der Waals surface area contributed by atoms with Crippen LogP contribution in [0.2, 0.25) is 0 Å². The molecule has 160 valence electrons. The second-order valence-corrected chi connectivity index (χ2v) is 7.37. The normalized spacial score (nSPS) is 13.6. The number of methoxy groups -OCH3 is 1. The van der Waals surface area contributed by atoms with Gasteiger partial charge in [-0.05, 0) is 60.7 Å². The monoisotopic (exact) mass is 417 g/mol. The summed E-state index contributed by atoms with van der Waals surface area (Å²) in [5.41, 5.74) is 3.15. The highest BCUT2D eigenvalue weighted by molar-refractivity contribution is 5.78. The highest BCUT2D eigenvalue weighted by Gasteiger charge is 2.21. The van der Waals surface area contributed by atoms with Crippen LogP contribution in [0.4, 0.5) is 17.1 Å². The highest BCUT2D eigenvalue weighted by Crippen LogP contribution is 2.22. The van der Waals surface area contributed by atoms with Crippen molar-refractivity contribution in [2.45, 2.75) is 0 Å². The molecule has 1 fully saturated rings. The molecule has 1 N–H and O–H groups in total. The van der Waals surface area contributed by atoms with Gasteiger partial charge in [0.25, 0.3) is 5.91 Å². The van der Waals surface area contributed by atoms with E-state index in [9.17, 15) is 4.79 Å². The number of benzene rings is 3. The van der Waals surface area contributed by atoms with E-state index in [1.165, 1.54) is 0 Å². The second kappa shape index (κ2) is 9.89. The Hall–Kier alpha value is -3.67. The summed E-state index contributed by atoms with van der Waals surface area (Å²) >= 11 is 0. The van der Waals surface area contributed by atoms with Crippen molar-refractivity contribution in [1.29, 1.82) is 0 Å². The van der Waals surface area contributed by atoms with E-state index < -0.39 is 0 Å². The summed E-state index contributed by atoms with van der Waals surface area (Å²) in [6.07, 6.45) is 0. The van der Waals surface area contributed by atoms with Gasteiger partial charge >= 0.3 is 0 Å². The molecule has 1 saturated heterocycles. The van der Waals surface area contributed by atoms with Gasteiger partial charge in [0.1, 0.15) is 11.5 Å². The van der Waals surface area contributed by atoms with E-state index in [1.807, 2.05) is 71.6 Å². The molecule has 6 heteroatoms. The first kappa shape index (κ1) is 20.6. The first-order chi connectivity index (χ1) is 15.2. The molecule has 1 aliphatic heterocycles. The summed E-state index contributed by atoms with van der Waals surface area (Å²) < 4.78 is 10.9. The van der Waals surface area contributed by atoms with Crippen LogP contribution in [0.15, 0.2) is 78.9 Å². The Bertz CT molecular complexity index is 967. The van der Waals surface area contributed by atoms with Crippen molar-refractivity contribution >= 4 is 23.0 Å². The minimum Gasteiger partial charge on any atom is -0.497 e. The lowest BCUT2D eigenvalue weighted by molar-refractivity contribution is -0.133. The zero-order valence-electron chi connectivity index (χ0n) is 17.7. The Morgan fingerprint density at radius 1 is 0.806 bits per heavy atom. The zero-order valence-corrected chi connectivity index (χ0v) is 17.7. The number of nitrogens with zero attached hydrogens (tertiary/aromatic N) is 2. The van der Waals surface area contributed by atoms with Crippen LogP contribution in [0.3, 0.4) is 0 Å². The van der Waals surface area contributed by atoms with Gasteiger partial charge in [0, 0.05) is 43.2 Å². The van der Waals surface area contributed by atoms with E-state index in [0.29, 0.717) is 18.8 Å². The maximum Gasteiger partial charge on any atom is 0.260 e. The third-order valence-corrected chi connectivity index (χ3v) is 5.35. The minimum atomic E-state index is 0.0147. The van der Waals surface area contributed by atoms with E-state index >= 15 is 0 Å². The molecule has 0 atom stereocenters. The number of carbonyl (C=O) groups is 1. The predicted octanol–water partition coefficient (Wildman–Crippen LogP) is 4.17. The van der Waals surface area contributed by atoms with Crippen molar-refractivity contribution in [2.24, 2.45) is 0 Å². The Labute approximate surface area is 183 Å². The van der Waals surface area contributed by atoms with Gasteiger partial charge in [0.2, 0.25) is 0 Å². The van der Waals surface area contributed by atoms with E-state index in [0.717, 1.165) is 35.9 Å². The fourth-order valence-corrected chi connectivity index (χ4v) is 3.57. The van der Waals surface area contributed by atoms with Crippen molar-refractivity contribution in [2.75, 3.05) is 50.1 Å². The van der Waals surface area contributed by atoms with Gasteiger partial charge in [0.15, 0.2) is 6.61 Å². The Kier molecular flexibility index (Phi) is 6.57. The van der Waals surface area contributed by atoms with Gasteiger partial charge in [-0.25, -0.2) is 0 Å². The molecule has 0 bridgehead atoms. The Balaban J connectivity index is 1.23. The molecule has 31 heavy (non-hydrogen) atoms. The van der Waals surface area contributed by atoms with Gasteiger partial charge in [-0.15, -0.1) is 0 Å². The number of carbonyl (C=O) groups excluding carboxylic acids is 1. The molecule has 0 radical (unpaired) electrons. The van der Waals surface area contributed by atoms with Crippen LogP contribution in [0.1, 0.15) is 0 Å². The van der Waals surface area contributed by atoms with Crippen LogP contribution in [-0.2, 0) is 4.79 Å². The molecule has 3 aromatic rings. The number of amides is 1. The lowest BCUT2D eigenvalue weighted by Crippen LogP contribution is -2.50. The summed E-state index contributed by atoms with van der Waals surface area (Å²) in [6.45, 7) is 3.03. The molecule has 0 saturated carbocycles. The lowest BCUT2D eigenvalue weighted by Gasteiger charge is -2.36. The van der Waals surface area contributed by atoms with Gasteiger partial charge in [-0.3, -0.25) is 4.79 Å². The maximum absolute atomic E-state index is 12.6. The molecule has 1 aliphatic rings. The number of anilines is 3. The summed E-state index contributed by atoms with van der Waals surface area (Å²) in [5.74, 6) is 1.54. The molecule has 0 spiro atoms. The zero-order chi connectivity index (χ0) is 21.5. The summed E-state index contributed by atoms with van der Waals surface area (Å²) in [6, 6.07) is 25.6. The SMILES string of the molecule is COc1ccc(N2CCN(C(=O)COc3ccc(Nc4ccccc4)cc3)CC2)cc1. The highest BCUT2D eigenvalue weighted by atomic mass is 16.5. The number of ether oxygens (including phenoxy) is 2. The number of rotatable bonds is 7. The van der Waals surface area contributed by atoms with Crippen molar-refractivity contribution in [3.8, 4) is 11.5 Å². The van der Waals surface area contributed by atoms with Crippen LogP contribution in [-0.4, -0.2) is 50.7 Å². The number of piperazine rings is 1. The quantitative estimate of drug-likeness (QED) is 0.625. The van der Waals surface area contributed by atoms with Crippen LogP contribution in [0.25, 0.3) is 0 Å². The summed E-state index contributed by atoms with van der Waals surface area (Å²) in [5, 5.41) is 3.33. The van der Waals surface area contributed by atoms with Crippen LogP contribution < -0.4 is 19.7 Å². The van der Waals surface area contributed by atoms with Gasteiger partial charge in [0.05, 0.1) is 7.11 Å². The fourth-order valence-electron chi connectivity index (χ4n) is 3.57. The average molecular weight is 418 g/mol. The smallest absolute Gasteiger partial charge is 0.260 e. The molecule has 6 nitrogen and oxygen atoms in total. The predicted molar refractivity (Wildman–Crippen MR) is 123 cm³/mol. The van der Waals surface area contributed by atoms with Crippen LogP contribution in [0.5, 0.6) is 11.5 Å². The topological polar surface area (TPSA) is 54.0 Å². The Morgan fingerprint density at radius 3 is 2.06 bits per heavy atom. The molecule has 3 aromatic carbocycles. The molecule has 1 heterocycles.